The van der Waals surface area contributed by atoms with Gasteiger partial charge in [-0.3, -0.25) is 10.1 Å². The van der Waals surface area contributed by atoms with Gasteiger partial charge in [-0.1, -0.05) is 30.3 Å². The first-order valence-electron chi connectivity index (χ1n) is 6.77. The molecule has 0 radical (unpaired) electrons. The van der Waals surface area contributed by atoms with Crippen molar-refractivity contribution in [3.05, 3.63) is 69.8 Å². The minimum Gasteiger partial charge on any atom is -0.331 e. The fraction of sp³-hybridized carbons (Fsp3) is 0.188. The van der Waals surface area contributed by atoms with Gasteiger partial charge in [0.15, 0.2) is 0 Å². The van der Waals surface area contributed by atoms with E-state index in [1.54, 1.807) is 44.4 Å². The smallest absolute Gasteiger partial charge is 0.321 e. The summed E-state index contributed by atoms with van der Waals surface area (Å²) in [6.07, 6.45) is 0.471. The van der Waals surface area contributed by atoms with Crippen LogP contribution in [0, 0.1) is 10.1 Å². The molecule has 1 N–H and O–H groups in total. The van der Waals surface area contributed by atoms with E-state index in [1.807, 2.05) is 12.1 Å². The molecule has 0 fully saturated rings. The maximum atomic E-state index is 11.5. The Morgan fingerprint density at radius 3 is 2.36 bits per heavy atom. The van der Waals surface area contributed by atoms with Gasteiger partial charge in [0.05, 0.1) is 4.92 Å². The van der Waals surface area contributed by atoms with Crippen LogP contribution in [0.2, 0.25) is 0 Å². The zero-order chi connectivity index (χ0) is 16.1. The molecule has 0 heterocycles. The van der Waals surface area contributed by atoms with Gasteiger partial charge in [0, 0.05) is 37.8 Å². The molecule has 0 bridgehead atoms. The third kappa shape index (κ3) is 3.82. The molecule has 0 unspecified atom stereocenters. The van der Waals surface area contributed by atoms with Crippen LogP contribution in [0.4, 0.5) is 16.2 Å². The molecule has 0 saturated heterocycles. The topological polar surface area (TPSA) is 75.5 Å². The first kappa shape index (κ1) is 15.5. The maximum Gasteiger partial charge on any atom is 0.321 e. The van der Waals surface area contributed by atoms with E-state index >= 15 is 0 Å². The number of nitro groups is 1. The van der Waals surface area contributed by atoms with Crippen LogP contribution in [0.3, 0.4) is 0 Å². The summed E-state index contributed by atoms with van der Waals surface area (Å²) in [7, 11) is 3.33. The summed E-state index contributed by atoms with van der Waals surface area (Å²) in [5.74, 6) is 0. The van der Waals surface area contributed by atoms with E-state index in [0.717, 1.165) is 5.56 Å². The van der Waals surface area contributed by atoms with E-state index in [4.69, 9.17) is 0 Å². The van der Waals surface area contributed by atoms with Gasteiger partial charge in [-0.2, -0.15) is 0 Å². The molecule has 22 heavy (non-hydrogen) atoms. The Morgan fingerprint density at radius 2 is 1.77 bits per heavy atom. The molecule has 6 heteroatoms. The normalized spacial score (nSPS) is 10.1. The van der Waals surface area contributed by atoms with E-state index < -0.39 is 0 Å². The van der Waals surface area contributed by atoms with E-state index in [1.165, 1.54) is 11.0 Å². The summed E-state index contributed by atoms with van der Waals surface area (Å²) in [6.45, 7) is 0. The molecule has 0 aromatic heterocycles. The summed E-state index contributed by atoms with van der Waals surface area (Å²) in [4.78, 5) is 23.6. The highest BCUT2D eigenvalue weighted by atomic mass is 16.6. The third-order valence-corrected chi connectivity index (χ3v) is 3.19. The van der Waals surface area contributed by atoms with Crippen LogP contribution in [0.25, 0.3) is 0 Å². The Labute approximate surface area is 128 Å². The van der Waals surface area contributed by atoms with Crippen molar-refractivity contribution in [3.63, 3.8) is 0 Å². The number of para-hydroxylation sites is 1. The van der Waals surface area contributed by atoms with E-state index in [0.29, 0.717) is 17.7 Å². The van der Waals surface area contributed by atoms with Gasteiger partial charge in [-0.05, 0) is 17.7 Å². The number of urea groups is 1. The molecule has 114 valence electrons. The van der Waals surface area contributed by atoms with E-state index in [2.05, 4.69) is 5.32 Å². The van der Waals surface area contributed by atoms with Crippen LogP contribution in [-0.4, -0.2) is 29.9 Å². The number of hydrogen-bond acceptors (Lipinski definition) is 3. The summed E-state index contributed by atoms with van der Waals surface area (Å²) in [6, 6.07) is 13.8. The molecular formula is C16H17N3O3. The molecule has 0 spiro atoms. The highest BCUT2D eigenvalue weighted by molar-refractivity contribution is 5.88. The Balaban J connectivity index is 2.12. The average Bonchev–Trinajstić information content (AvgIpc) is 2.49. The van der Waals surface area contributed by atoms with Crippen molar-refractivity contribution in [2.45, 2.75) is 6.42 Å². The third-order valence-electron chi connectivity index (χ3n) is 3.19. The number of anilines is 1. The molecule has 2 aromatic carbocycles. The first-order valence-corrected chi connectivity index (χ1v) is 6.77. The van der Waals surface area contributed by atoms with Crippen molar-refractivity contribution in [2.75, 3.05) is 19.4 Å². The molecule has 0 aliphatic carbocycles. The standard InChI is InChI=1S/C16H17N3O3/c1-18(2)16(20)17-14-9-7-12(8-10-14)11-13-5-3-4-6-15(13)19(21)22/h3-10H,11H2,1-2H3,(H,17,20). The molecule has 0 aliphatic rings. The van der Waals surface area contributed by atoms with E-state index in [-0.39, 0.29) is 16.6 Å². The lowest BCUT2D eigenvalue weighted by Crippen LogP contribution is -2.27. The predicted molar refractivity (Wildman–Crippen MR) is 85.1 cm³/mol. The largest absolute Gasteiger partial charge is 0.331 e. The number of amides is 2. The molecule has 0 saturated carbocycles. The summed E-state index contributed by atoms with van der Waals surface area (Å²) in [5.41, 5.74) is 2.41. The fourth-order valence-corrected chi connectivity index (χ4v) is 2.00. The molecule has 2 rings (SSSR count). The highest BCUT2D eigenvalue weighted by Crippen LogP contribution is 2.22. The fourth-order valence-electron chi connectivity index (χ4n) is 2.00. The van der Waals surface area contributed by atoms with E-state index in [9.17, 15) is 14.9 Å². The van der Waals surface area contributed by atoms with Crippen LogP contribution in [0.15, 0.2) is 48.5 Å². The second-order valence-corrected chi connectivity index (χ2v) is 5.08. The first-order chi connectivity index (χ1) is 10.5. The Morgan fingerprint density at radius 1 is 1.14 bits per heavy atom. The zero-order valence-corrected chi connectivity index (χ0v) is 12.4. The van der Waals surface area contributed by atoms with Crippen molar-refractivity contribution < 1.29 is 9.72 Å². The number of nitrogens with zero attached hydrogens (tertiary/aromatic N) is 2. The van der Waals surface area contributed by atoms with Crippen molar-refractivity contribution in [1.29, 1.82) is 0 Å². The molecule has 0 aliphatic heterocycles. The molecule has 2 aromatic rings. The SMILES string of the molecule is CN(C)C(=O)Nc1ccc(Cc2ccccc2[N+](=O)[O-])cc1. The van der Waals surface area contributed by atoms with Crippen LogP contribution < -0.4 is 5.32 Å². The monoisotopic (exact) mass is 299 g/mol. The van der Waals surface area contributed by atoms with Gasteiger partial charge in [0.1, 0.15) is 0 Å². The van der Waals surface area contributed by atoms with Crippen molar-refractivity contribution in [2.24, 2.45) is 0 Å². The maximum absolute atomic E-state index is 11.5. The molecule has 0 atom stereocenters. The zero-order valence-electron chi connectivity index (χ0n) is 12.4. The highest BCUT2D eigenvalue weighted by Gasteiger charge is 2.12. The summed E-state index contributed by atoms with van der Waals surface area (Å²) in [5, 5.41) is 13.7. The van der Waals surface area contributed by atoms with Gasteiger partial charge in [-0.15, -0.1) is 0 Å². The Kier molecular flexibility index (Phi) is 4.73. The Hall–Kier alpha value is -2.89. The van der Waals surface area contributed by atoms with Crippen LogP contribution in [0.5, 0.6) is 0 Å². The average molecular weight is 299 g/mol. The van der Waals surface area contributed by atoms with Gasteiger partial charge in [-0.25, -0.2) is 4.79 Å². The minimum absolute atomic E-state index is 0.118. The van der Waals surface area contributed by atoms with Gasteiger partial charge < -0.3 is 10.2 Å². The van der Waals surface area contributed by atoms with Gasteiger partial charge >= 0.3 is 6.03 Å². The summed E-state index contributed by atoms with van der Waals surface area (Å²) < 4.78 is 0. The number of carbonyl (C=O) groups is 1. The quantitative estimate of drug-likeness (QED) is 0.695. The number of carbonyl (C=O) groups excluding carboxylic acids is 1. The lowest BCUT2D eigenvalue weighted by Gasteiger charge is -2.12. The predicted octanol–water partition coefficient (Wildman–Crippen LogP) is 3.28. The van der Waals surface area contributed by atoms with Crippen molar-refractivity contribution >= 4 is 17.4 Å². The number of nitro benzene ring substituents is 1. The lowest BCUT2D eigenvalue weighted by molar-refractivity contribution is -0.385. The summed E-state index contributed by atoms with van der Waals surface area (Å²) >= 11 is 0. The molecular weight excluding hydrogens is 282 g/mol. The number of rotatable bonds is 4. The second-order valence-electron chi connectivity index (χ2n) is 5.08. The lowest BCUT2D eigenvalue weighted by atomic mass is 10.0. The van der Waals surface area contributed by atoms with Crippen molar-refractivity contribution in [3.8, 4) is 0 Å². The van der Waals surface area contributed by atoms with Gasteiger partial charge in [0.25, 0.3) is 5.69 Å². The van der Waals surface area contributed by atoms with Crippen LogP contribution in [-0.2, 0) is 6.42 Å². The molecule has 2 amide bonds. The van der Waals surface area contributed by atoms with Crippen LogP contribution in [0.1, 0.15) is 11.1 Å². The Bertz CT molecular complexity index is 681. The van der Waals surface area contributed by atoms with Crippen LogP contribution >= 0.6 is 0 Å². The second kappa shape index (κ2) is 6.71. The van der Waals surface area contributed by atoms with Crippen molar-refractivity contribution in [1.82, 2.24) is 4.90 Å². The minimum atomic E-state index is -0.374. The molecule has 6 nitrogen and oxygen atoms in total. The number of nitrogens with one attached hydrogen (secondary N) is 1. The number of benzene rings is 2. The van der Waals surface area contributed by atoms with Gasteiger partial charge in [0.2, 0.25) is 0 Å². The number of hydrogen-bond donors (Lipinski definition) is 1.